The smallest absolute Gasteiger partial charge is 0.141 e. The van der Waals surface area contributed by atoms with Crippen molar-refractivity contribution in [2.45, 2.75) is 18.3 Å². The van der Waals surface area contributed by atoms with Crippen molar-refractivity contribution in [3.05, 3.63) is 238 Å². The van der Waals surface area contributed by atoms with E-state index in [0.717, 1.165) is 68.5 Å². The van der Waals surface area contributed by atoms with Crippen LogP contribution in [-0.2, 0) is 18.3 Å². The maximum Gasteiger partial charge on any atom is 0.141 e. The van der Waals surface area contributed by atoms with Gasteiger partial charge in [0.15, 0.2) is 0 Å². The van der Waals surface area contributed by atoms with Crippen LogP contribution >= 0.6 is 0 Å². The third-order valence-electron chi connectivity index (χ3n) is 12.7. The number of para-hydroxylation sites is 3. The van der Waals surface area contributed by atoms with Crippen LogP contribution in [0.15, 0.2) is 193 Å². The summed E-state index contributed by atoms with van der Waals surface area (Å²) in [5.74, 6) is 0.971. The van der Waals surface area contributed by atoms with Gasteiger partial charge in [-0.15, -0.1) is 0 Å². The summed E-state index contributed by atoms with van der Waals surface area (Å²) in [6.45, 7) is 4.73. The molecule has 0 amide bonds. The highest BCUT2D eigenvalue weighted by atomic mass is 16.3. The molecule has 7 aromatic carbocycles. The standard InChI is InChI=1S/C55H38N2O/c1-36-34-46-51(57(40-18-6-3-7-19-40)50-33-32-45-44-23-11-15-27-52(44)58-54(45)53(46)50)35-56(49-26-14-10-20-41(36)49)39-30-28-38(29-31-39)55(37-16-4-2-5-17-37)47-24-12-8-21-42(47)43-22-9-13-25-48(43)55/h2-31,34-35H,1,32-33H2/b46-34+,51-35+. The maximum absolute atomic E-state index is 6.79. The largest absolute Gasteiger partial charge is 0.456 e. The number of rotatable bonds is 4. The number of fused-ring (bicyclic) bond motifs is 11. The molecule has 0 fully saturated rings. The lowest BCUT2D eigenvalue weighted by Crippen LogP contribution is -2.33. The maximum atomic E-state index is 6.79. The predicted molar refractivity (Wildman–Crippen MR) is 238 cm³/mol. The van der Waals surface area contributed by atoms with Crippen molar-refractivity contribution >= 4 is 40.2 Å². The van der Waals surface area contributed by atoms with Crippen molar-refractivity contribution in [3.8, 4) is 28.1 Å². The minimum atomic E-state index is -0.466. The van der Waals surface area contributed by atoms with Crippen molar-refractivity contribution in [2.75, 3.05) is 4.90 Å². The highest BCUT2D eigenvalue weighted by Gasteiger charge is 2.45. The molecule has 12 rings (SSSR count). The van der Waals surface area contributed by atoms with E-state index in [1.807, 2.05) is 0 Å². The molecule has 2 aliphatic carbocycles. The van der Waals surface area contributed by atoms with E-state index in [-0.39, 0.29) is 0 Å². The minimum absolute atomic E-state index is 0.466. The molecular formula is C55H38N2O. The highest BCUT2D eigenvalue weighted by Crippen LogP contribution is 2.56. The van der Waals surface area contributed by atoms with Crippen LogP contribution in [0.3, 0.4) is 0 Å². The van der Waals surface area contributed by atoms with Crippen LogP contribution in [0.4, 0.5) is 11.4 Å². The first-order chi connectivity index (χ1) is 28.7. The third-order valence-corrected chi connectivity index (χ3v) is 12.7. The van der Waals surface area contributed by atoms with Gasteiger partial charge in [-0.3, -0.25) is 0 Å². The summed E-state index contributed by atoms with van der Waals surface area (Å²) >= 11 is 0. The van der Waals surface area contributed by atoms with Gasteiger partial charge in [0.2, 0.25) is 0 Å². The Morgan fingerprint density at radius 1 is 0.534 bits per heavy atom. The SMILES string of the molecule is C=C1/C=c2/c3c(n(-c4ccccc4)/c2=C/N(c2ccc(C4(c5ccccc5)c5ccccc5-c5ccccc54)cc2)c2ccccc21)CCc1c-3oc2ccccc12. The molecule has 0 unspecified atom stereocenters. The first-order valence-electron chi connectivity index (χ1n) is 20.2. The average Bonchev–Trinajstić information content (AvgIpc) is 3.92. The second kappa shape index (κ2) is 12.6. The predicted octanol–water partition coefficient (Wildman–Crippen LogP) is 11.7. The molecule has 0 atom stereocenters. The summed E-state index contributed by atoms with van der Waals surface area (Å²) in [6, 6.07) is 66.0. The fourth-order valence-electron chi connectivity index (χ4n) is 10.3. The van der Waals surface area contributed by atoms with E-state index in [0.29, 0.717) is 0 Å². The molecule has 58 heavy (non-hydrogen) atoms. The number of hydrogen-bond donors (Lipinski definition) is 0. The van der Waals surface area contributed by atoms with E-state index in [1.54, 1.807) is 0 Å². The lowest BCUT2D eigenvalue weighted by atomic mass is 9.68. The van der Waals surface area contributed by atoms with Crippen LogP contribution in [0.2, 0.25) is 0 Å². The number of furan rings is 1. The molecule has 274 valence electrons. The van der Waals surface area contributed by atoms with Crippen LogP contribution in [-0.4, -0.2) is 4.57 Å². The van der Waals surface area contributed by atoms with Gasteiger partial charge < -0.3 is 13.9 Å². The fourth-order valence-corrected chi connectivity index (χ4v) is 10.3. The Morgan fingerprint density at radius 3 is 1.88 bits per heavy atom. The molecule has 0 saturated carbocycles. The number of anilines is 2. The van der Waals surface area contributed by atoms with E-state index in [2.05, 4.69) is 204 Å². The summed E-state index contributed by atoms with van der Waals surface area (Å²) in [4.78, 5) is 2.37. The topological polar surface area (TPSA) is 21.3 Å². The van der Waals surface area contributed by atoms with E-state index >= 15 is 0 Å². The molecule has 1 aliphatic heterocycles. The van der Waals surface area contributed by atoms with Crippen LogP contribution < -0.4 is 15.5 Å². The van der Waals surface area contributed by atoms with Crippen molar-refractivity contribution in [1.82, 2.24) is 4.57 Å². The van der Waals surface area contributed by atoms with Gasteiger partial charge >= 0.3 is 0 Å². The Bertz CT molecular complexity index is 3190. The van der Waals surface area contributed by atoms with Gasteiger partial charge in [-0.25, -0.2) is 0 Å². The number of aromatic nitrogens is 1. The molecule has 3 heteroatoms. The summed E-state index contributed by atoms with van der Waals surface area (Å²) in [7, 11) is 0. The summed E-state index contributed by atoms with van der Waals surface area (Å²) in [5, 5.41) is 3.43. The Kier molecular flexibility index (Phi) is 7.12. The first-order valence-corrected chi connectivity index (χ1v) is 20.2. The van der Waals surface area contributed by atoms with Gasteiger partial charge in [0.1, 0.15) is 11.3 Å². The normalized spacial score (nSPS) is 15.7. The Morgan fingerprint density at radius 2 is 1.14 bits per heavy atom. The molecule has 0 radical (unpaired) electrons. The molecule has 0 N–H and O–H groups in total. The van der Waals surface area contributed by atoms with Gasteiger partial charge in [-0.05, 0) is 94.3 Å². The van der Waals surface area contributed by atoms with Gasteiger partial charge in [-0.2, -0.15) is 0 Å². The van der Waals surface area contributed by atoms with Crippen LogP contribution in [0.5, 0.6) is 0 Å². The highest BCUT2D eigenvalue weighted by molar-refractivity contribution is 5.98. The zero-order valence-corrected chi connectivity index (χ0v) is 31.9. The van der Waals surface area contributed by atoms with Crippen LogP contribution in [0.25, 0.3) is 57.0 Å². The van der Waals surface area contributed by atoms with Crippen molar-refractivity contribution in [2.24, 2.45) is 0 Å². The number of aryl methyl sites for hydroxylation is 1. The summed E-state index contributed by atoms with van der Waals surface area (Å²) in [5.41, 5.74) is 17.2. The van der Waals surface area contributed by atoms with Gasteiger partial charge in [0, 0.05) is 50.6 Å². The Labute approximate surface area is 337 Å². The Hall–Kier alpha value is -7.36. The Balaban J connectivity index is 1.12. The molecule has 3 aliphatic rings. The van der Waals surface area contributed by atoms with E-state index in [4.69, 9.17) is 11.0 Å². The third kappa shape index (κ3) is 4.56. The summed E-state index contributed by atoms with van der Waals surface area (Å²) in [6.07, 6.45) is 6.43. The van der Waals surface area contributed by atoms with Gasteiger partial charge in [-0.1, -0.05) is 152 Å². The van der Waals surface area contributed by atoms with Crippen LogP contribution in [0, 0.1) is 0 Å². The molecule has 3 heterocycles. The molecule has 0 spiro atoms. The fraction of sp³-hybridized carbons (Fsp3) is 0.0545. The lowest BCUT2D eigenvalue weighted by Gasteiger charge is -2.34. The van der Waals surface area contributed by atoms with E-state index in [1.165, 1.54) is 50.0 Å². The quantitative estimate of drug-likeness (QED) is 0.179. The van der Waals surface area contributed by atoms with Crippen molar-refractivity contribution < 1.29 is 4.42 Å². The zero-order chi connectivity index (χ0) is 38.4. The molecule has 0 bridgehead atoms. The van der Waals surface area contributed by atoms with Crippen molar-refractivity contribution in [1.29, 1.82) is 0 Å². The minimum Gasteiger partial charge on any atom is -0.456 e. The second-order valence-corrected chi connectivity index (χ2v) is 15.6. The summed E-state index contributed by atoms with van der Waals surface area (Å²) < 4.78 is 9.24. The average molecular weight is 743 g/mol. The molecule has 0 saturated heterocycles. The van der Waals surface area contributed by atoms with Gasteiger partial charge in [0.05, 0.1) is 16.5 Å². The molecular weight excluding hydrogens is 705 g/mol. The molecule has 3 nitrogen and oxygen atoms in total. The van der Waals surface area contributed by atoms with E-state index < -0.39 is 5.41 Å². The lowest BCUT2D eigenvalue weighted by molar-refractivity contribution is 0.619. The van der Waals surface area contributed by atoms with E-state index in [9.17, 15) is 0 Å². The molecule has 9 aromatic rings. The first kappa shape index (κ1) is 32.8. The van der Waals surface area contributed by atoms with Crippen molar-refractivity contribution in [3.63, 3.8) is 0 Å². The number of hydrogen-bond acceptors (Lipinski definition) is 2. The monoisotopic (exact) mass is 742 g/mol. The zero-order valence-electron chi connectivity index (χ0n) is 31.9. The number of nitrogens with zero attached hydrogens (tertiary/aromatic N) is 2. The van der Waals surface area contributed by atoms with Gasteiger partial charge in [0.25, 0.3) is 0 Å². The molecule has 2 aromatic heterocycles. The second-order valence-electron chi connectivity index (χ2n) is 15.6. The van der Waals surface area contributed by atoms with Crippen LogP contribution in [0.1, 0.15) is 39.1 Å². The number of benzene rings is 7. The number of allylic oxidation sites excluding steroid dienone is 1.